The normalized spacial score (nSPS) is 12.0. The quantitative estimate of drug-likeness (QED) is 0.173. The molecule has 0 aliphatic carbocycles. The summed E-state index contributed by atoms with van der Waals surface area (Å²) in [4.78, 5) is 0. The zero-order valence-electron chi connectivity index (χ0n) is 27.0. The average Bonchev–Trinajstić information content (AvgIpc) is 3.74. The van der Waals surface area contributed by atoms with E-state index in [9.17, 15) is 0 Å². The molecule has 0 aliphatic heterocycles. The maximum Gasteiger partial charge on any atom is 0.143 e. The third-order valence-corrected chi connectivity index (χ3v) is 11.6. The molecule has 11 aromatic rings. The minimum absolute atomic E-state index is 0.937. The van der Waals surface area contributed by atoms with Gasteiger partial charge in [0.05, 0.1) is 0 Å². The van der Waals surface area contributed by atoms with Crippen LogP contribution in [0.3, 0.4) is 0 Å². The number of benzene rings is 9. The van der Waals surface area contributed by atoms with Gasteiger partial charge in [0.1, 0.15) is 11.2 Å². The molecule has 0 unspecified atom stereocenters. The van der Waals surface area contributed by atoms with Crippen molar-refractivity contribution in [2.75, 3.05) is 0 Å². The fraction of sp³-hybridized carbons (Fsp3) is 0. The van der Waals surface area contributed by atoms with Crippen LogP contribution in [0, 0.1) is 0 Å². The number of furan rings is 1. The highest BCUT2D eigenvalue weighted by atomic mass is 32.1. The number of rotatable bonds is 3. The summed E-state index contributed by atoms with van der Waals surface area (Å²) in [5, 5.41) is 12.4. The van der Waals surface area contributed by atoms with Crippen molar-refractivity contribution in [2.45, 2.75) is 0 Å². The summed E-state index contributed by atoms with van der Waals surface area (Å²) < 4.78 is 8.98. The molecule has 2 aromatic heterocycles. The van der Waals surface area contributed by atoms with Gasteiger partial charge in [0.25, 0.3) is 0 Å². The summed E-state index contributed by atoms with van der Waals surface area (Å²) in [6, 6.07) is 62.1. The molecule has 9 aromatic carbocycles. The van der Waals surface area contributed by atoms with Crippen molar-refractivity contribution in [1.29, 1.82) is 0 Å². The molecule has 0 spiro atoms. The molecule has 0 aliphatic rings. The van der Waals surface area contributed by atoms with Gasteiger partial charge in [-0.1, -0.05) is 127 Å². The van der Waals surface area contributed by atoms with E-state index in [1.54, 1.807) is 0 Å². The van der Waals surface area contributed by atoms with Gasteiger partial charge in [-0.05, 0) is 103 Å². The van der Waals surface area contributed by atoms with E-state index in [0.29, 0.717) is 0 Å². The zero-order valence-corrected chi connectivity index (χ0v) is 27.8. The van der Waals surface area contributed by atoms with Crippen LogP contribution in [0.5, 0.6) is 0 Å². The van der Waals surface area contributed by atoms with E-state index in [2.05, 4.69) is 164 Å². The maximum absolute atomic E-state index is 6.40. The van der Waals surface area contributed by atoms with Crippen LogP contribution in [0.4, 0.5) is 0 Å². The Morgan fingerprint density at radius 2 is 0.920 bits per heavy atom. The number of hydrogen-bond donors (Lipinski definition) is 0. The van der Waals surface area contributed by atoms with Gasteiger partial charge in [-0.2, -0.15) is 0 Å². The van der Waals surface area contributed by atoms with E-state index >= 15 is 0 Å². The summed E-state index contributed by atoms with van der Waals surface area (Å²) in [5.41, 5.74) is 9.39. The molecule has 11 rings (SSSR count). The smallest absolute Gasteiger partial charge is 0.143 e. The fourth-order valence-corrected chi connectivity index (χ4v) is 9.27. The molecule has 0 saturated carbocycles. The molecule has 0 amide bonds. The summed E-state index contributed by atoms with van der Waals surface area (Å²) in [5.74, 6) is 0. The topological polar surface area (TPSA) is 13.1 Å². The van der Waals surface area contributed by atoms with Crippen molar-refractivity contribution >= 4 is 85.8 Å². The van der Waals surface area contributed by atoms with E-state index in [0.717, 1.165) is 11.2 Å². The number of hydrogen-bond acceptors (Lipinski definition) is 2. The summed E-state index contributed by atoms with van der Waals surface area (Å²) >= 11 is 1.86. The minimum Gasteiger partial charge on any atom is -0.455 e. The van der Waals surface area contributed by atoms with Gasteiger partial charge in [0, 0.05) is 36.3 Å². The molecule has 0 saturated heterocycles. The van der Waals surface area contributed by atoms with Crippen LogP contribution in [-0.4, -0.2) is 0 Å². The van der Waals surface area contributed by atoms with Gasteiger partial charge < -0.3 is 4.42 Å². The van der Waals surface area contributed by atoms with E-state index < -0.39 is 0 Å². The molecule has 0 radical (unpaired) electrons. The van der Waals surface area contributed by atoms with Gasteiger partial charge in [-0.25, -0.2) is 0 Å². The van der Waals surface area contributed by atoms with Crippen LogP contribution in [-0.2, 0) is 0 Å². The highest BCUT2D eigenvalue weighted by Gasteiger charge is 2.18. The lowest BCUT2D eigenvalue weighted by Gasteiger charge is -2.18. The van der Waals surface area contributed by atoms with Gasteiger partial charge >= 0.3 is 0 Å². The second kappa shape index (κ2) is 10.6. The first kappa shape index (κ1) is 27.7. The van der Waals surface area contributed by atoms with Gasteiger partial charge in [0.15, 0.2) is 0 Å². The zero-order chi connectivity index (χ0) is 32.8. The van der Waals surface area contributed by atoms with E-state index in [-0.39, 0.29) is 0 Å². The standard InChI is InChI=1S/C48H28OS/c1-2-11-29(12-3-1)46-35-16-4-6-18-37(35)47(38-19-7-5-17-36(38)46)33-14-10-13-30(25-33)31-22-24-44-41(26-31)42-27-32-21-23-39-34-15-8-9-20-43(34)49-48(39)40(32)28-45(42)50-44/h1-28H. The summed E-state index contributed by atoms with van der Waals surface area (Å²) in [6.45, 7) is 0. The van der Waals surface area contributed by atoms with Crippen LogP contribution in [0.1, 0.15) is 0 Å². The molecule has 0 fully saturated rings. The molecular formula is C48H28OS. The van der Waals surface area contributed by atoms with Crippen LogP contribution < -0.4 is 0 Å². The first-order valence-electron chi connectivity index (χ1n) is 17.1. The Morgan fingerprint density at radius 1 is 0.320 bits per heavy atom. The largest absolute Gasteiger partial charge is 0.455 e. The lowest BCUT2D eigenvalue weighted by atomic mass is 9.85. The Labute approximate surface area is 292 Å². The fourth-order valence-electron chi connectivity index (χ4n) is 8.17. The van der Waals surface area contributed by atoms with Crippen LogP contribution in [0.2, 0.25) is 0 Å². The Hall–Kier alpha value is -6.22. The Balaban J connectivity index is 1.09. The van der Waals surface area contributed by atoms with Crippen molar-refractivity contribution in [3.05, 3.63) is 170 Å². The van der Waals surface area contributed by atoms with Crippen LogP contribution in [0.15, 0.2) is 174 Å². The lowest BCUT2D eigenvalue weighted by Crippen LogP contribution is -1.91. The SMILES string of the molecule is c1ccc(-c2c3ccccc3c(-c3cccc(-c4ccc5sc6cc7c(ccc8c9ccccc9oc78)cc6c5c4)c3)c3ccccc23)cc1. The highest BCUT2D eigenvalue weighted by molar-refractivity contribution is 7.25. The predicted octanol–water partition coefficient (Wildman–Crippen LogP) is 14.4. The summed E-state index contributed by atoms with van der Waals surface area (Å²) in [6.07, 6.45) is 0. The highest BCUT2D eigenvalue weighted by Crippen LogP contribution is 2.45. The van der Waals surface area contributed by atoms with Crippen molar-refractivity contribution in [3.63, 3.8) is 0 Å². The molecule has 0 bridgehead atoms. The van der Waals surface area contributed by atoms with Crippen molar-refractivity contribution < 1.29 is 4.42 Å². The Bertz CT molecular complexity index is 3090. The Morgan fingerprint density at radius 3 is 1.68 bits per heavy atom. The molecule has 0 N–H and O–H groups in total. The van der Waals surface area contributed by atoms with Gasteiger partial charge in [0.2, 0.25) is 0 Å². The average molecular weight is 653 g/mol. The summed E-state index contributed by atoms with van der Waals surface area (Å²) in [7, 11) is 0. The van der Waals surface area contributed by atoms with E-state index in [1.807, 2.05) is 17.4 Å². The second-order valence-corrected chi connectivity index (χ2v) is 14.3. The van der Waals surface area contributed by atoms with Crippen molar-refractivity contribution in [2.24, 2.45) is 0 Å². The van der Waals surface area contributed by atoms with Gasteiger partial charge in [-0.15, -0.1) is 11.3 Å². The van der Waals surface area contributed by atoms with Crippen LogP contribution in [0.25, 0.3) is 108 Å². The number of thiophene rings is 1. The van der Waals surface area contributed by atoms with Crippen LogP contribution >= 0.6 is 11.3 Å². The second-order valence-electron chi connectivity index (χ2n) is 13.2. The lowest BCUT2D eigenvalue weighted by molar-refractivity contribution is 0.673. The third kappa shape index (κ3) is 4.06. The van der Waals surface area contributed by atoms with Crippen molar-refractivity contribution in [3.8, 4) is 33.4 Å². The molecular weight excluding hydrogens is 625 g/mol. The maximum atomic E-state index is 6.40. The molecule has 2 heterocycles. The van der Waals surface area contributed by atoms with E-state index in [4.69, 9.17) is 4.42 Å². The van der Waals surface area contributed by atoms with Crippen molar-refractivity contribution in [1.82, 2.24) is 0 Å². The molecule has 50 heavy (non-hydrogen) atoms. The van der Waals surface area contributed by atoms with E-state index in [1.165, 1.54) is 96.6 Å². The Kier molecular flexibility index (Phi) is 5.89. The van der Waals surface area contributed by atoms with Gasteiger partial charge in [-0.3, -0.25) is 0 Å². The minimum atomic E-state index is 0.937. The predicted molar refractivity (Wildman–Crippen MR) is 215 cm³/mol. The molecule has 2 heteroatoms. The number of para-hydroxylation sites is 1. The number of fused-ring (bicyclic) bond motifs is 10. The third-order valence-electron chi connectivity index (χ3n) is 10.4. The molecule has 232 valence electrons. The monoisotopic (exact) mass is 652 g/mol. The molecule has 0 atom stereocenters. The molecule has 1 nitrogen and oxygen atoms in total. The first-order valence-corrected chi connectivity index (χ1v) is 17.9. The first-order chi connectivity index (χ1) is 24.8.